The van der Waals surface area contributed by atoms with Gasteiger partial charge in [0.05, 0.1) is 18.8 Å². The molecule has 1 amide bonds. The van der Waals surface area contributed by atoms with Crippen LogP contribution in [0.1, 0.15) is 27.6 Å². The zero-order valence-electron chi connectivity index (χ0n) is 12.5. The molecule has 0 fully saturated rings. The van der Waals surface area contributed by atoms with Crippen molar-refractivity contribution in [2.75, 3.05) is 13.7 Å². The summed E-state index contributed by atoms with van der Waals surface area (Å²) in [6.07, 6.45) is -0.872. The molecule has 1 unspecified atom stereocenters. The summed E-state index contributed by atoms with van der Waals surface area (Å²) in [6, 6.07) is 11.3. The standard InChI is InChI=1S/C17H18FNO3/c1-11-3-8-14(15(18)9-11)17(21)19-10-16(20)12-4-6-13(22-2)7-5-12/h3-9,16,20H,10H2,1-2H3,(H,19,21). The number of carbonyl (C=O) groups excluding carboxylic acids is 1. The van der Waals surface area contributed by atoms with E-state index in [0.717, 1.165) is 5.56 Å². The van der Waals surface area contributed by atoms with Crippen molar-refractivity contribution in [2.24, 2.45) is 0 Å². The highest BCUT2D eigenvalue weighted by Crippen LogP contribution is 2.17. The number of rotatable bonds is 5. The summed E-state index contributed by atoms with van der Waals surface area (Å²) in [7, 11) is 1.56. The third-order valence-corrected chi connectivity index (χ3v) is 3.33. The van der Waals surface area contributed by atoms with Crippen molar-refractivity contribution >= 4 is 5.91 Å². The smallest absolute Gasteiger partial charge is 0.254 e. The van der Waals surface area contributed by atoms with Gasteiger partial charge >= 0.3 is 0 Å². The Balaban J connectivity index is 1.97. The van der Waals surface area contributed by atoms with Gasteiger partial charge in [-0.3, -0.25) is 4.79 Å². The molecular formula is C17H18FNO3. The van der Waals surface area contributed by atoms with Gasteiger partial charge in [-0.15, -0.1) is 0 Å². The molecule has 0 saturated carbocycles. The number of benzene rings is 2. The zero-order chi connectivity index (χ0) is 16.1. The maximum absolute atomic E-state index is 13.7. The minimum Gasteiger partial charge on any atom is -0.497 e. The molecule has 0 spiro atoms. The van der Waals surface area contributed by atoms with E-state index in [2.05, 4.69) is 5.32 Å². The number of carbonyl (C=O) groups is 1. The molecule has 0 aliphatic rings. The molecule has 2 N–H and O–H groups in total. The van der Waals surface area contributed by atoms with Gasteiger partial charge in [-0.2, -0.15) is 0 Å². The van der Waals surface area contributed by atoms with Crippen LogP contribution >= 0.6 is 0 Å². The van der Waals surface area contributed by atoms with Crippen molar-refractivity contribution in [3.8, 4) is 5.75 Å². The van der Waals surface area contributed by atoms with Crippen molar-refractivity contribution in [1.82, 2.24) is 5.32 Å². The lowest BCUT2D eigenvalue weighted by molar-refractivity contribution is 0.0912. The van der Waals surface area contributed by atoms with E-state index in [1.54, 1.807) is 44.4 Å². The first kappa shape index (κ1) is 16.0. The third-order valence-electron chi connectivity index (χ3n) is 3.33. The van der Waals surface area contributed by atoms with E-state index < -0.39 is 17.8 Å². The summed E-state index contributed by atoms with van der Waals surface area (Å²) < 4.78 is 18.7. The molecule has 0 bridgehead atoms. The van der Waals surface area contributed by atoms with Crippen LogP contribution in [0.4, 0.5) is 4.39 Å². The van der Waals surface area contributed by atoms with Crippen LogP contribution in [0.5, 0.6) is 5.75 Å². The van der Waals surface area contributed by atoms with Gasteiger partial charge in [0.1, 0.15) is 11.6 Å². The van der Waals surface area contributed by atoms with E-state index >= 15 is 0 Å². The van der Waals surface area contributed by atoms with E-state index in [0.29, 0.717) is 11.3 Å². The largest absolute Gasteiger partial charge is 0.497 e. The Bertz CT molecular complexity index is 655. The highest BCUT2D eigenvalue weighted by atomic mass is 19.1. The molecule has 0 aliphatic carbocycles. The van der Waals surface area contributed by atoms with Gasteiger partial charge in [0, 0.05) is 6.54 Å². The van der Waals surface area contributed by atoms with Crippen molar-refractivity contribution in [2.45, 2.75) is 13.0 Å². The monoisotopic (exact) mass is 303 g/mol. The molecule has 0 heterocycles. The number of amides is 1. The molecule has 4 nitrogen and oxygen atoms in total. The molecule has 0 aliphatic heterocycles. The number of aryl methyl sites for hydroxylation is 1. The molecule has 2 aromatic rings. The summed E-state index contributed by atoms with van der Waals surface area (Å²) in [5.41, 5.74) is 1.35. The van der Waals surface area contributed by atoms with Crippen LogP contribution < -0.4 is 10.1 Å². The molecule has 0 saturated heterocycles. The summed E-state index contributed by atoms with van der Waals surface area (Å²) in [5, 5.41) is 12.6. The first-order valence-corrected chi connectivity index (χ1v) is 6.87. The number of ether oxygens (including phenoxy) is 1. The fourth-order valence-corrected chi connectivity index (χ4v) is 2.03. The van der Waals surface area contributed by atoms with Crippen LogP contribution in [-0.4, -0.2) is 24.7 Å². The quantitative estimate of drug-likeness (QED) is 0.892. The number of methoxy groups -OCH3 is 1. The number of nitrogens with one attached hydrogen (secondary N) is 1. The van der Waals surface area contributed by atoms with E-state index in [1.807, 2.05) is 0 Å². The lowest BCUT2D eigenvalue weighted by Gasteiger charge is -2.13. The maximum Gasteiger partial charge on any atom is 0.254 e. The molecule has 2 rings (SSSR count). The van der Waals surface area contributed by atoms with E-state index in [9.17, 15) is 14.3 Å². The zero-order valence-corrected chi connectivity index (χ0v) is 12.5. The number of aliphatic hydroxyl groups excluding tert-OH is 1. The van der Waals surface area contributed by atoms with E-state index in [4.69, 9.17) is 4.74 Å². The number of hydrogen-bond donors (Lipinski definition) is 2. The summed E-state index contributed by atoms with van der Waals surface area (Å²) in [5.74, 6) is -0.441. The highest BCUT2D eigenvalue weighted by molar-refractivity contribution is 5.94. The topological polar surface area (TPSA) is 58.6 Å². The van der Waals surface area contributed by atoms with Gasteiger partial charge in [0.15, 0.2) is 0 Å². The van der Waals surface area contributed by atoms with Gasteiger partial charge in [-0.25, -0.2) is 4.39 Å². The Morgan fingerprint density at radius 3 is 2.55 bits per heavy atom. The molecular weight excluding hydrogens is 285 g/mol. The molecule has 0 aromatic heterocycles. The van der Waals surface area contributed by atoms with Crippen LogP contribution in [0.15, 0.2) is 42.5 Å². The Morgan fingerprint density at radius 2 is 1.95 bits per heavy atom. The lowest BCUT2D eigenvalue weighted by atomic mass is 10.1. The van der Waals surface area contributed by atoms with Gasteiger partial charge in [0.25, 0.3) is 5.91 Å². The minimum absolute atomic E-state index is 0.00151. The molecule has 0 radical (unpaired) electrons. The SMILES string of the molecule is COc1ccc(C(O)CNC(=O)c2ccc(C)cc2F)cc1. The second-order valence-electron chi connectivity index (χ2n) is 4.98. The maximum atomic E-state index is 13.7. The molecule has 5 heteroatoms. The Hall–Kier alpha value is -2.40. The first-order chi connectivity index (χ1) is 10.5. The summed E-state index contributed by atoms with van der Waals surface area (Å²) >= 11 is 0. The average molecular weight is 303 g/mol. The Kier molecular flexibility index (Phi) is 5.12. The van der Waals surface area contributed by atoms with Crippen molar-refractivity contribution in [1.29, 1.82) is 0 Å². The van der Waals surface area contributed by atoms with Crippen LogP contribution in [0.2, 0.25) is 0 Å². The highest BCUT2D eigenvalue weighted by Gasteiger charge is 2.14. The Labute approximate surface area is 128 Å². The fraction of sp³-hybridized carbons (Fsp3) is 0.235. The average Bonchev–Trinajstić information content (AvgIpc) is 2.52. The lowest BCUT2D eigenvalue weighted by Crippen LogP contribution is -2.29. The van der Waals surface area contributed by atoms with Gasteiger partial charge in [0.2, 0.25) is 0 Å². The summed E-state index contributed by atoms with van der Waals surface area (Å²) in [4.78, 5) is 11.9. The van der Waals surface area contributed by atoms with Crippen molar-refractivity contribution in [3.05, 3.63) is 65.0 Å². The molecule has 1 atom stereocenters. The number of aliphatic hydroxyl groups is 1. The molecule has 116 valence electrons. The van der Waals surface area contributed by atoms with Crippen LogP contribution in [0.3, 0.4) is 0 Å². The minimum atomic E-state index is -0.872. The fourth-order valence-electron chi connectivity index (χ4n) is 2.03. The number of halogens is 1. The molecule has 2 aromatic carbocycles. The van der Waals surface area contributed by atoms with Crippen molar-refractivity contribution in [3.63, 3.8) is 0 Å². The normalized spacial score (nSPS) is 11.8. The van der Waals surface area contributed by atoms with Crippen molar-refractivity contribution < 1.29 is 19.0 Å². The second-order valence-corrected chi connectivity index (χ2v) is 4.98. The predicted molar refractivity (Wildman–Crippen MR) is 81.4 cm³/mol. The second kappa shape index (κ2) is 7.04. The van der Waals surface area contributed by atoms with Crippen LogP contribution in [-0.2, 0) is 0 Å². The first-order valence-electron chi connectivity index (χ1n) is 6.87. The van der Waals surface area contributed by atoms with Gasteiger partial charge < -0.3 is 15.2 Å². The third kappa shape index (κ3) is 3.83. The Morgan fingerprint density at radius 1 is 1.27 bits per heavy atom. The van der Waals surface area contributed by atoms with Gasteiger partial charge in [-0.1, -0.05) is 18.2 Å². The predicted octanol–water partition coefficient (Wildman–Crippen LogP) is 2.61. The van der Waals surface area contributed by atoms with E-state index in [-0.39, 0.29) is 12.1 Å². The summed E-state index contributed by atoms with van der Waals surface area (Å²) in [6.45, 7) is 1.75. The van der Waals surface area contributed by atoms with E-state index in [1.165, 1.54) is 12.1 Å². The molecule has 22 heavy (non-hydrogen) atoms. The van der Waals surface area contributed by atoms with Crippen LogP contribution in [0, 0.1) is 12.7 Å². The number of hydrogen-bond acceptors (Lipinski definition) is 3. The van der Waals surface area contributed by atoms with Crippen LogP contribution in [0.25, 0.3) is 0 Å². The van der Waals surface area contributed by atoms with Gasteiger partial charge in [-0.05, 0) is 42.3 Å².